The molecule has 29 heavy (non-hydrogen) atoms. The van der Waals surface area contributed by atoms with Crippen LogP contribution >= 0.6 is 0 Å². The molecule has 2 aliphatic rings. The van der Waals surface area contributed by atoms with Crippen molar-refractivity contribution in [1.29, 1.82) is 0 Å². The number of hydrogen-bond donors (Lipinski definition) is 0. The first-order valence-electron chi connectivity index (χ1n) is 10.0. The van der Waals surface area contributed by atoms with Gasteiger partial charge in [0.15, 0.2) is 0 Å². The first-order valence-corrected chi connectivity index (χ1v) is 10.0. The summed E-state index contributed by atoms with van der Waals surface area (Å²) in [7, 11) is 0. The fourth-order valence-corrected chi connectivity index (χ4v) is 3.99. The van der Waals surface area contributed by atoms with Crippen molar-refractivity contribution in [2.24, 2.45) is 5.41 Å². The average molecular weight is 402 g/mol. The Hall–Kier alpha value is -2.41. The van der Waals surface area contributed by atoms with Crippen LogP contribution in [0.3, 0.4) is 0 Å². The molecule has 0 bridgehead atoms. The SMILES string of the molecule is Cc1ccccc1C(=O)N(C=O)CCOC1CC2(C1)CN(C(=O)OC(C)(C)C)C2. The highest BCUT2D eigenvalue weighted by Gasteiger charge is 2.54. The lowest BCUT2D eigenvalue weighted by Crippen LogP contribution is -2.65. The first kappa shape index (κ1) is 21.3. The molecule has 3 rings (SSSR count). The molecule has 0 atom stereocenters. The number of ether oxygens (including phenoxy) is 2. The Morgan fingerprint density at radius 3 is 2.48 bits per heavy atom. The number of rotatable bonds is 6. The van der Waals surface area contributed by atoms with E-state index in [0.29, 0.717) is 31.7 Å². The van der Waals surface area contributed by atoms with Crippen LogP contribution in [0.1, 0.15) is 49.5 Å². The van der Waals surface area contributed by atoms with Crippen LogP contribution in [-0.4, -0.2) is 66.2 Å². The molecule has 1 aliphatic carbocycles. The molecule has 1 aromatic rings. The summed E-state index contributed by atoms with van der Waals surface area (Å²) in [6, 6.07) is 7.21. The number of carbonyl (C=O) groups excluding carboxylic acids is 3. The Balaban J connectivity index is 1.38. The number of imide groups is 1. The minimum Gasteiger partial charge on any atom is -0.444 e. The highest BCUT2D eigenvalue weighted by atomic mass is 16.6. The van der Waals surface area contributed by atoms with E-state index in [0.717, 1.165) is 23.3 Å². The Kier molecular flexibility index (Phi) is 5.98. The van der Waals surface area contributed by atoms with E-state index in [1.165, 1.54) is 0 Å². The van der Waals surface area contributed by atoms with Crippen molar-refractivity contribution in [1.82, 2.24) is 9.80 Å². The van der Waals surface area contributed by atoms with Gasteiger partial charge >= 0.3 is 6.09 Å². The number of carbonyl (C=O) groups is 3. The average Bonchev–Trinajstić information content (AvgIpc) is 2.56. The van der Waals surface area contributed by atoms with Gasteiger partial charge in [0.25, 0.3) is 5.91 Å². The fourth-order valence-electron chi connectivity index (χ4n) is 3.99. The fraction of sp³-hybridized carbons (Fsp3) is 0.591. The smallest absolute Gasteiger partial charge is 0.410 e. The van der Waals surface area contributed by atoms with Gasteiger partial charge in [-0.15, -0.1) is 0 Å². The highest BCUT2D eigenvalue weighted by Crippen LogP contribution is 2.49. The summed E-state index contributed by atoms with van der Waals surface area (Å²) in [5.74, 6) is -0.307. The van der Waals surface area contributed by atoms with E-state index in [1.54, 1.807) is 17.0 Å². The van der Waals surface area contributed by atoms with Gasteiger partial charge in [-0.05, 0) is 52.2 Å². The van der Waals surface area contributed by atoms with Gasteiger partial charge in [-0.25, -0.2) is 4.79 Å². The molecular weight excluding hydrogens is 372 g/mol. The number of benzene rings is 1. The third kappa shape index (κ3) is 4.96. The summed E-state index contributed by atoms with van der Waals surface area (Å²) >= 11 is 0. The van der Waals surface area contributed by atoms with E-state index in [1.807, 2.05) is 39.8 Å². The van der Waals surface area contributed by atoms with Crippen molar-refractivity contribution < 1.29 is 23.9 Å². The molecule has 0 unspecified atom stereocenters. The zero-order chi connectivity index (χ0) is 21.2. The molecule has 0 N–H and O–H groups in total. The van der Waals surface area contributed by atoms with Gasteiger partial charge in [-0.3, -0.25) is 14.5 Å². The summed E-state index contributed by atoms with van der Waals surface area (Å²) in [5.41, 5.74) is 1.03. The summed E-state index contributed by atoms with van der Waals surface area (Å²) in [4.78, 5) is 38.8. The number of amides is 3. The van der Waals surface area contributed by atoms with Crippen LogP contribution in [0.4, 0.5) is 4.79 Å². The lowest BCUT2D eigenvalue weighted by molar-refractivity contribution is -0.148. The van der Waals surface area contributed by atoms with Crippen LogP contribution in [-0.2, 0) is 14.3 Å². The largest absolute Gasteiger partial charge is 0.444 e. The van der Waals surface area contributed by atoms with E-state index in [4.69, 9.17) is 9.47 Å². The van der Waals surface area contributed by atoms with Crippen LogP contribution in [0, 0.1) is 12.3 Å². The Morgan fingerprint density at radius 1 is 1.24 bits per heavy atom. The van der Waals surface area contributed by atoms with Gasteiger partial charge in [0, 0.05) is 24.1 Å². The molecule has 1 aromatic carbocycles. The maximum Gasteiger partial charge on any atom is 0.410 e. The van der Waals surface area contributed by atoms with Gasteiger partial charge in [0.05, 0.1) is 19.3 Å². The Labute approximate surface area is 171 Å². The van der Waals surface area contributed by atoms with Gasteiger partial charge in [-0.1, -0.05) is 18.2 Å². The standard InChI is InChI=1S/C22H30N2O5/c1-16-7-5-6-8-18(16)19(26)23(15-25)9-10-28-17-11-22(12-17)13-24(14-22)20(27)29-21(2,3)4/h5-8,15,17H,9-14H2,1-4H3. The van der Waals surface area contributed by atoms with Crippen molar-refractivity contribution >= 4 is 18.4 Å². The molecule has 7 nitrogen and oxygen atoms in total. The lowest BCUT2D eigenvalue weighted by Gasteiger charge is -2.58. The molecular formula is C22H30N2O5. The van der Waals surface area contributed by atoms with Crippen molar-refractivity contribution in [2.75, 3.05) is 26.2 Å². The van der Waals surface area contributed by atoms with E-state index in [9.17, 15) is 14.4 Å². The van der Waals surface area contributed by atoms with Crippen LogP contribution in [0.25, 0.3) is 0 Å². The number of aryl methyl sites for hydroxylation is 1. The number of likely N-dealkylation sites (tertiary alicyclic amines) is 1. The van der Waals surface area contributed by atoms with Gasteiger partial charge < -0.3 is 14.4 Å². The summed E-state index contributed by atoms with van der Waals surface area (Å²) in [6.45, 7) is 9.37. The van der Waals surface area contributed by atoms with Crippen molar-refractivity contribution in [3.8, 4) is 0 Å². The minimum absolute atomic E-state index is 0.109. The molecule has 158 valence electrons. The summed E-state index contributed by atoms with van der Waals surface area (Å²) in [6.07, 6.45) is 2.19. The molecule has 1 saturated carbocycles. The topological polar surface area (TPSA) is 76.2 Å². The molecule has 2 fully saturated rings. The first-order chi connectivity index (χ1) is 13.6. The van der Waals surface area contributed by atoms with Crippen molar-refractivity contribution in [2.45, 2.75) is 52.2 Å². The van der Waals surface area contributed by atoms with Crippen molar-refractivity contribution in [3.63, 3.8) is 0 Å². The number of nitrogens with zero attached hydrogens (tertiary/aromatic N) is 2. The molecule has 1 aliphatic heterocycles. The van der Waals surface area contributed by atoms with Crippen molar-refractivity contribution in [3.05, 3.63) is 35.4 Å². The zero-order valence-electron chi connectivity index (χ0n) is 17.6. The van der Waals surface area contributed by atoms with Crippen LogP contribution in [0.15, 0.2) is 24.3 Å². The predicted octanol–water partition coefficient (Wildman–Crippen LogP) is 3.01. The maximum absolute atomic E-state index is 12.5. The molecule has 7 heteroatoms. The van der Waals surface area contributed by atoms with E-state index < -0.39 is 5.60 Å². The van der Waals surface area contributed by atoms with E-state index in [2.05, 4.69) is 0 Å². The van der Waals surface area contributed by atoms with Gasteiger partial charge in [0.1, 0.15) is 5.60 Å². The monoisotopic (exact) mass is 402 g/mol. The minimum atomic E-state index is -0.481. The second-order valence-electron chi connectivity index (χ2n) is 9.16. The lowest BCUT2D eigenvalue weighted by atomic mass is 9.62. The summed E-state index contributed by atoms with van der Waals surface area (Å²) in [5, 5.41) is 0. The number of hydrogen-bond acceptors (Lipinski definition) is 5. The summed E-state index contributed by atoms with van der Waals surface area (Å²) < 4.78 is 11.2. The van der Waals surface area contributed by atoms with Gasteiger partial charge in [0.2, 0.25) is 6.41 Å². The quantitative estimate of drug-likeness (QED) is 0.684. The molecule has 0 radical (unpaired) electrons. The maximum atomic E-state index is 12.5. The van der Waals surface area contributed by atoms with Crippen LogP contribution in [0.2, 0.25) is 0 Å². The van der Waals surface area contributed by atoms with E-state index >= 15 is 0 Å². The van der Waals surface area contributed by atoms with E-state index in [-0.39, 0.29) is 30.1 Å². The molecule has 3 amide bonds. The normalized spacial score (nSPS) is 18.0. The second-order valence-corrected chi connectivity index (χ2v) is 9.16. The molecule has 1 spiro atoms. The molecule has 1 heterocycles. The second kappa shape index (κ2) is 8.14. The van der Waals surface area contributed by atoms with Crippen LogP contribution in [0.5, 0.6) is 0 Å². The third-order valence-electron chi connectivity index (χ3n) is 5.47. The molecule has 0 aromatic heterocycles. The molecule has 1 saturated heterocycles. The Morgan fingerprint density at radius 2 is 1.90 bits per heavy atom. The van der Waals surface area contributed by atoms with Gasteiger partial charge in [-0.2, -0.15) is 0 Å². The Bertz CT molecular complexity index is 772. The third-order valence-corrected chi connectivity index (χ3v) is 5.47. The van der Waals surface area contributed by atoms with Crippen LogP contribution < -0.4 is 0 Å². The highest BCUT2D eigenvalue weighted by molar-refractivity contribution is 6.00. The zero-order valence-corrected chi connectivity index (χ0v) is 17.6. The predicted molar refractivity (Wildman–Crippen MR) is 107 cm³/mol.